The molecule has 0 saturated heterocycles. The maximum absolute atomic E-state index is 4.49. The van der Waals surface area contributed by atoms with E-state index in [9.17, 15) is 0 Å². The lowest BCUT2D eigenvalue weighted by Gasteiger charge is -2.17. The Morgan fingerprint density at radius 2 is 2.41 bits per heavy atom. The van der Waals surface area contributed by atoms with E-state index >= 15 is 0 Å². The van der Waals surface area contributed by atoms with Crippen LogP contribution in [0.3, 0.4) is 0 Å². The predicted octanol–water partition coefficient (Wildman–Crippen LogP) is 2.57. The third kappa shape index (κ3) is 2.15. The summed E-state index contributed by atoms with van der Waals surface area (Å²) in [4.78, 5) is 5.83. The van der Waals surface area contributed by atoms with Crippen molar-refractivity contribution in [2.24, 2.45) is 13.0 Å². The molecule has 2 aromatic heterocycles. The molecule has 2 heterocycles. The Labute approximate surface area is 106 Å². The number of hydrogen-bond acceptors (Lipinski definition) is 3. The Balaban J connectivity index is 1.88. The molecule has 2 aromatic rings. The first kappa shape index (κ1) is 11.0. The third-order valence-electron chi connectivity index (χ3n) is 3.43. The van der Waals surface area contributed by atoms with E-state index in [0.717, 1.165) is 11.7 Å². The van der Waals surface area contributed by atoms with Gasteiger partial charge in [-0.1, -0.05) is 13.0 Å². The van der Waals surface area contributed by atoms with Gasteiger partial charge in [0.05, 0.1) is 0 Å². The van der Waals surface area contributed by atoms with E-state index < -0.39 is 0 Å². The Hall–Kier alpha value is -1.13. The van der Waals surface area contributed by atoms with Crippen LogP contribution < -0.4 is 5.32 Å². The van der Waals surface area contributed by atoms with Gasteiger partial charge in [0.2, 0.25) is 0 Å². The molecule has 0 radical (unpaired) electrons. The van der Waals surface area contributed by atoms with Crippen molar-refractivity contribution < 1.29 is 0 Å². The van der Waals surface area contributed by atoms with Crippen LogP contribution >= 0.6 is 11.3 Å². The van der Waals surface area contributed by atoms with Gasteiger partial charge in [-0.2, -0.15) is 0 Å². The molecule has 0 aromatic carbocycles. The minimum absolute atomic E-state index is 0.241. The number of aromatic nitrogens is 2. The van der Waals surface area contributed by atoms with Crippen LogP contribution in [0, 0.1) is 5.92 Å². The molecule has 3 nitrogen and oxygen atoms in total. The molecule has 4 heteroatoms. The van der Waals surface area contributed by atoms with E-state index in [1.807, 2.05) is 12.4 Å². The Morgan fingerprint density at radius 3 is 2.94 bits per heavy atom. The van der Waals surface area contributed by atoms with Gasteiger partial charge in [-0.05, 0) is 23.8 Å². The summed E-state index contributed by atoms with van der Waals surface area (Å²) in [7, 11) is 2.06. The minimum Gasteiger partial charge on any atom is -0.336 e. The fourth-order valence-corrected chi connectivity index (χ4v) is 2.94. The third-order valence-corrected chi connectivity index (χ3v) is 4.37. The summed E-state index contributed by atoms with van der Waals surface area (Å²) in [5.41, 5.74) is 0. The number of nitrogens with one attached hydrogen (secondary N) is 1. The number of hydrogen-bond donors (Lipinski definition) is 1. The van der Waals surface area contributed by atoms with Crippen LogP contribution in [0.25, 0.3) is 0 Å². The first-order chi connectivity index (χ1) is 8.25. The Morgan fingerprint density at radius 1 is 1.59 bits per heavy atom. The number of rotatable bonds is 4. The number of aryl methyl sites for hydroxylation is 1. The highest BCUT2D eigenvalue weighted by Gasteiger charge is 2.35. The maximum Gasteiger partial charge on any atom is 0.131 e. The molecule has 0 amide bonds. The van der Waals surface area contributed by atoms with Gasteiger partial charge in [0.15, 0.2) is 0 Å². The molecule has 0 bridgehead atoms. The molecule has 1 saturated carbocycles. The van der Waals surface area contributed by atoms with E-state index in [1.165, 1.54) is 11.3 Å². The molecule has 17 heavy (non-hydrogen) atoms. The normalized spacial score (nSPS) is 24.8. The van der Waals surface area contributed by atoms with Crippen molar-refractivity contribution in [3.05, 3.63) is 40.6 Å². The highest BCUT2D eigenvalue weighted by atomic mass is 32.1. The zero-order valence-electron chi connectivity index (χ0n) is 10.1. The van der Waals surface area contributed by atoms with E-state index in [2.05, 4.69) is 46.4 Å². The number of nitrogens with zero attached hydrogens (tertiary/aromatic N) is 2. The molecule has 3 unspecified atom stereocenters. The van der Waals surface area contributed by atoms with Crippen LogP contribution in [0.15, 0.2) is 29.9 Å². The molecule has 90 valence electrons. The van der Waals surface area contributed by atoms with Crippen molar-refractivity contribution in [3.63, 3.8) is 0 Å². The van der Waals surface area contributed by atoms with Gasteiger partial charge in [-0.25, -0.2) is 4.98 Å². The zero-order chi connectivity index (χ0) is 11.8. The molecule has 3 rings (SSSR count). The van der Waals surface area contributed by atoms with E-state index in [0.29, 0.717) is 6.04 Å². The minimum atomic E-state index is 0.241. The van der Waals surface area contributed by atoms with Crippen LogP contribution in [0.1, 0.15) is 30.1 Å². The second kappa shape index (κ2) is 4.27. The lowest BCUT2D eigenvalue weighted by Crippen LogP contribution is -2.27. The summed E-state index contributed by atoms with van der Waals surface area (Å²) >= 11 is 1.79. The average molecular weight is 247 g/mol. The number of imidazole rings is 1. The lowest BCUT2D eigenvalue weighted by molar-refractivity contribution is 0.546. The van der Waals surface area contributed by atoms with Crippen molar-refractivity contribution in [1.29, 1.82) is 0 Å². The summed E-state index contributed by atoms with van der Waals surface area (Å²) in [5.74, 6) is 1.91. The second-order valence-electron chi connectivity index (χ2n) is 4.83. The lowest BCUT2D eigenvalue weighted by atomic mass is 10.2. The van der Waals surface area contributed by atoms with Crippen molar-refractivity contribution >= 4 is 11.3 Å². The second-order valence-corrected chi connectivity index (χ2v) is 5.81. The van der Waals surface area contributed by atoms with Gasteiger partial charge in [0, 0.05) is 30.4 Å². The van der Waals surface area contributed by atoms with Gasteiger partial charge in [0.1, 0.15) is 11.9 Å². The zero-order valence-corrected chi connectivity index (χ0v) is 10.9. The molecule has 1 fully saturated rings. The van der Waals surface area contributed by atoms with Crippen LogP contribution in [0.5, 0.6) is 0 Å². The summed E-state index contributed by atoms with van der Waals surface area (Å²) in [6, 6.07) is 5.18. The van der Waals surface area contributed by atoms with Crippen LogP contribution in [-0.4, -0.2) is 15.6 Å². The van der Waals surface area contributed by atoms with Crippen LogP contribution in [0.4, 0.5) is 0 Å². The summed E-state index contributed by atoms with van der Waals surface area (Å²) < 4.78 is 2.10. The summed E-state index contributed by atoms with van der Waals surface area (Å²) in [6.07, 6.45) is 5.16. The van der Waals surface area contributed by atoms with Crippen molar-refractivity contribution in [1.82, 2.24) is 14.9 Å². The molecule has 1 aliphatic carbocycles. The highest BCUT2D eigenvalue weighted by molar-refractivity contribution is 7.10. The molecule has 1 N–H and O–H groups in total. The smallest absolute Gasteiger partial charge is 0.131 e. The van der Waals surface area contributed by atoms with Gasteiger partial charge in [-0.3, -0.25) is 5.32 Å². The number of thiophene rings is 1. The quantitative estimate of drug-likeness (QED) is 0.900. The fraction of sp³-hybridized carbons (Fsp3) is 0.462. The molecule has 1 aliphatic rings. The van der Waals surface area contributed by atoms with Crippen LogP contribution in [-0.2, 0) is 7.05 Å². The van der Waals surface area contributed by atoms with Crippen molar-refractivity contribution in [2.45, 2.75) is 25.4 Å². The topological polar surface area (TPSA) is 29.9 Å². The highest BCUT2D eigenvalue weighted by Crippen LogP contribution is 2.34. The Kier molecular flexibility index (Phi) is 2.76. The van der Waals surface area contributed by atoms with E-state index in [4.69, 9.17) is 0 Å². The fourth-order valence-electron chi connectivity index (χ4n) is 2.16. The van der Waals surface area contributed by atoms with Gasteiger partial charge in [0.25, 0.3) is 0 Å². The molecular formula is C13H17N3S. The van der Waals surface area contributed by atoms with Gasteiger partial charge in [-0.15, -0.1) is 11.3 Å². The largest absolute Gasteiger partial charge is 0.336 e. The standard InChI is InChI=1S/C13H17N3S/c1-9-8-10(9)15-12(11-4-3-7-17-11)13-14-5-6-16(13)2/h3-7,9-10,12,15H,8H2,1-2H3. The molecule has 0 aliphatic heterocycles. The summed E-state index contributed by atoms with van der Waals surface area (Å²) in [6.45, 7) is 2.29. The molecular weight excluding hydrogens is 230 g/mol. The molecule has 0 spiro atoms. The monoisotopic (exact) mass is 247 g/mol. The summed E-state index contributed by atoms with van der Waals surface area (Å²) in [5, 5.41) is 5.84. The van der Waals surface area contributed by atoms with Crippen molar-refractivity contribution in [3.8, 4) is 0 Å². The first-order valence-corrected chi connectivity index (χ1v) is 6.90. The van der Waals surface area contributed by atoms with Gasteiger partial charge < -0.3 is 4.57 Å². The van der Waals surface area contributed by atoms with Crippen molar-refractivity contribution in [2.75, 3.05) is 0 Å². The van der Waals surface area contributed by atoms with Gasteiger partial charge >= 0.3 is 0 Å². The average Bonchev–Trinajstić information content (AvgIpc) is 2.79. The predicted molar refractivity (Wildman–Crippen MR) is 70.1 cm³/mol. The SMILES string of the molecule is CC1CC1NC(c1cccs1)c1nccn1C. The Bertz CT molecular complexity index is 488. The van der Waals surface area contributed by atoms with Crippen LogP contribution in [0.2, 0.25) is 0 Å². The first-order valence-electron chi connectivity index (χ1n) is 6.02. The maximum atomic E-state index is 4.49. The molecule has 3 atom stereocenters. The van der Waals surface area contributed by atoms with E-state index in [-0.39, 0.29) is 6.04 Å². The van der Waals surface area contributed by atoms with E-state index in [1.54, 1.807) is 11.3 Å².